The summed E-state index contributed by atoms with van der Waals surface area (Å²) < 4.78 is 47.6. The van der Waals surface area contributed by atoms with Crippen molar-refractivity contribution in [3.8, 4) is 11.3 Å². The summed E-state index contributed by atoms with van der Waals surface area (Å²) in [6.45, 7) is 1.75. The predicted octanol–water partition coefficient (Wildman–Crippen LogP) is 3.93. The Bertz CT molecular complexity index is 1640. The molecule has 2 N–H and O–H groups in total. The smallest absolute Gasteiger partial charge is 0.241 e. The van der Waals surface area contributed by atoms with Crippen LogP contribution >= 0.6 is 0 Å². The second-order valence-electron chi connectivity index (χ2n) is 8.04. The summed E-state index contributed by atoms with van der Waals surface area (Å²) in [5.74, 6) is -1.32. The topological polar surface area (TPSA) is 123 Å². The van der Waals surface area contributed by atoms with E-state index in [-0.39, 0.29) is 17.3 Å². The van der Waals surface area contributed by atoms with Crippen molar-refractivity contribution in [2.45, 2.75) is 18.4 Å². The molecule has 0 saturated carbocycles. The van der Waals surface area contributed by atoms with Crippen LogP contribution < -0.4 is 5.32 Å². The van der Waals surface area contributed by atoms with E-state index in [2.05, 4.69) is 20.7 Å². The Morgan fingerprint density at radius 3 is 2.74 bits per heavy atom. The molecule has 3 heterocycles. The average Bonchev–Trinajstić information content (AvgIpc) is 3.56. The number of rotatable bonds is 7. The maximum absolute atomic E-state index is 14.7. The van der Waals surface area contributed by atoms with Crippen molar-refractivity contribution in [3.05, 3.63) is 84.1 Å². The number of aromatic amines is 1. The highest BCUT2D eigenvalue weighted by atomic mass is 32.2. The molecule has 0 bridgehead atoms. The van der Waals surface area contributed by atoms with E-state index < -0.39 is 27.3 Å². The lowest BCUT2D eigenvalue weighted by atomic mass is 10.1. The number of H-pyrrole nitrogens is 1. The van der Waals surface area contributed by atoms with Gasteiger partial charge in [-0.3, -0.25) is 9.89 Å². The van der Waals surface area contributed by atoms with E-state index in [1.807, 2.05) is 0 Å². The van der Waals surface area contributed by atoms with Gasteiger partial charge in [0.05, 0.1) is 17.1 Å². The minimum Gasteiger partial charge on any atom is -0.360 e. The van der Waals surface area contributed by atoms with Crippen LogP contribution in [-0.2, 0) is 21.2 Å². The van der Waals surface area contributed by atoms with Crippen LogP contribution in [0.15, 0.2) is 76.4 Å². The predicted molar refractivity (Wildman–Crippen MR) is 127 cm³/mol. The fourth-order valence-corrected chi connectivity index (χ4v) is 5.28. The Kier molecular flexibility index (Phi) is 5.69. The molecule has 35 heavy (non-hydrogen) atoms. The van der Waals surface area contributed by atoms with E-state index >= 15 is 0 Å². The van der Waals surface area contributed by atoms with Gasteiger partial charge in [-0.05, 0) is 37.3 Å². The second-order valence-corrected chi connectivity index (χ2v) is 10.0. The number of anilines is 1. The number of aromatic nitrogens is 4. The summed E-state index contributed by atoms with van der Waals surface area (Å²) in [6, 6.07) is 14.9. The highest BCUT2D eigenvalue weighted by Crippen LogP contribution is 2.28. The highest BCUT2D eigenvalue weighted by molar-refractivity contribution is 7.92. The van der Waals surface area contributed by atoms with E-state index in [1.165, 1.54) is 18.3 Å². The number of carbonyl (C=O) groups excluding carboxylic acids is 1. The zero-order valence-corrected chi connectivity index (χ0v) is 19.3. The number of hydrogen-bond donors (Lipinski definition) is 2. The maximum Gasteiger partial charge on any atom is 0.241 e. The van der Waals surface area contributed by atoms with Gasteiger partial charge in [-0.2, -0.15) is 5.10 Å². The van der Waals surface area contributed by atoms with Gasteiger partial charge < -0.3 is 14.4 Å². The number of amides is 1. The molecule has 0 aliphatic carbocycles. The molecule has 0 aliphatic heterocycles. The molecule has 5 rings (SSSR count). The lowest BCUT2D eigenvalue weighted by Crippen LogP contribution is -2.23. The minimum atomic E-state index is -4.02. The number of nitrogens with zero attached hydrogens (tertiary/aromatic N) is 3. The molecule has 0 unspecified atom stereocenters. The van der Waals surface area contributed by atoms with Gasteiger partial charge >= 0.3 is 0 Å². The van der Waals surface area contributed by atoms with E-state index in [4.69, 9.17) is 4.52 Å². The number of nitrogens with one attached hydrogen (secondary N) is 2. The number of para-hydroxylation sites is 1. The number of hydrogen-bond acceptors (Lipinski definition) is 6. The van der Waals surface area contributed by atoms with Crippen molar-refractivity contribution in [3.63, 3.8) is 0 Å². The molecule has 0 spiro atoms. The summed E-state index contributed by atoms with van der Waals surface area (Å²) in [5, 5.41) is 13.3. The normalized spacial score (nSPS) is 11.7. The van der Waals surface area contributed by atoms with Gasteiger partial charge in [0.15, 0.2) is 15.7 Å². The van der Waals surface area contributed by atoms with Gasteiger partial charge in [0.2, 0.25) is 5.91 Å². The number of fused-ring (bicyclic) bond motifs is 1. The van der Waals surface area contributed by atoms with Crippen LogP contribution in [0.5, 0.6) is 0 Å². The first-order chi connectivity index (χ1) is 16.8. The lowest BCUT2D eigenvalue weighted by Gasteiger charge is -2.09. The third-order valence-electron chi connectivity index (χ3n) is 5.50. The first kappa shape index (κ1) is 22.5. The Balaban J connectivity index is 1.47. The van der Waals surface area contributed by atoms with Crippen molar-refractivity contribution in [1.29, 1.82) is 0 Å². The van der Waals surface area contributed by atoms with Crippen LogP contribution in [-0.4, -0.2) is 40.0 Å². The number of benzene rings is 2. The first-order valence-corrected chi connectivity index (χ1v) is 12.3. The van der Waals surface area contributed by atoms with Crippen molar-refractivity contribution in [2.75, 3.05) is 11.1 Å². The standard InChI is InChI=1S/C24H20FN5O4S/c1-15-10-23(29-34-15)27-24(31)14-35(32,33)22-13-30(21-5-3-2-4-18(21)22)12-17-11-16(6-7-19(17)25)20-8-9-26-28-20/h2-11,13H,12,14H2,1H3,(H,26,28)(H,27,29,31). The zero-order valence-electron chi connectivity index (χ0n) is 18.5. The molecule has 3 aromatic heterocycles. The maximum atomic E-state index is 14.7. The number of halogens is 1. The Labute approximate surface area is 199 Å². The van der Waals surface area contributed by atoms with Gasteiger partial charge in [0, 0.05) is 40.5 Å². The minimum absolute atomic E-state index is 0.00952. The Hall–Kier alpha value is -4.25. The third kappa shape index (κ3) is 4.58. The molecule has 2 aromatic carbocycles. The SMILES string of the molecule is Cc1cc(NC(=O)CS(=O)(=O)c2cn(Cc3cc(-c4ccn[nH]4)ccc3F)c3ccccc23)no1. The van der Waals surface area contributed by atoms with E-state index in [1.54, 1.807) is 60.2 Å². The summed E-state index contributed by atoms with van der Waals surface area (Å²) in [6.07, 6.45) is 3.05. The lowest BCUT2D eigenvalue weighted by molar-refractivity contribution is -0.113. The third-order valence-corrected chi connectivity index (χ3v) is 7.14. The van der Waals surface area contributed by atoms with Gasteiger partial charge in [-0.25, -0.2) is 12.8 Å². The van der Waals surface area contributed by atoms with Gasteiger partial charge in [-0.1, -0.05) is 23.4 Å². The summed E-state index contributed by atoms with van der Waals surface area (Å²) in [4.78, 5) is 12.4. The Morgan fingerprint density at radius 2 is 2.00 bits per heavy atom. The van der Waals surface area contributed by atoms with Gasteiger partial charge in [0.25, 0.3) is 0 Å². The van der Waals surface area contributed by atoms with E-state index in [0.29, 0.717) is 22.2 Å². The van der Waals surface area contributed by atoms with Crippen LogP contribution in [0.3, 0.4) is 0 Å². The van der Waals surface area contributed by atoms with Crippen molar-refractivity contribution < 1.29 is 22.1 Å². The highest BCUT2D eigenvalue weighted by Gasteiger charge is 2.25. The molecule has 9 nitrogen and oxygen atoms in total. The van der Waals surface area contributed by atoms with Crippen molar-refractivity contribution in [2.24, 2.45) is 0 Å². The molecule has 0 saturated heterocycles. The van der Waals surface area contributed by atoms with Crippen molar-refractivity contribution in [1.82, 2.24) is 19.9 Å². The van der Waals surface area contributed by atoms with Crippen LogP contribution in [0, 0.1) is 12.7 Å². The van der Waals surface area contributed by atoms with E-state index in [0.717, 1.165) is 11.3 Å². The molecule has 5 aromatic rings. The monoisotopic (exact) mass is 493 g/mol. The average molecular weight is 494 g/mol. The molecule has 0 aliphatic rings. The van der Waals surface area contributed by atoms with Crippen molar-refractivity contribution >= 4 is 32.5 Å². The first-order valence-electron chi connectivity index (χ1n) is 10.6. The summed E-state index contributed by atoms with van der Waals surface area (Å²) in [5.41, 5.74) is 2.47. The number of aryl methyl sites for hydroxylation is 1. The molecule has 11 heteroatoms. The molecular formula is C24H20FN5O4S. The quantitative estimate of drug-likeness (QED) is 0.354. The summed E-state index contributed by atoms with van der Waals surface area (Å²) >= 11 is 0. The second kappa shape index (κ2) is 8.84. The largest absolute Gasteiger partial charge is 0.360 e. The molecule has 0 radical (unpaired) electrons. The molecule has 0 atom stereocenters. The van der Waals surface area contributed by atoms with Crippen LogP contribution in [0.1, 0.15) is 11.3 Å². The summed E-state index contributed by atoms with van der Waals surface area (Å²) in [7, 11) is -4.02. The van der Waals surface area contributed by atoms with E-state index in [9.17, 15) is 17.6 Å². The van der Waals surface area contributed by atoms with Crippen LogP contribution in [0.25, 0.3) is 22.2 Å². The number of carbonyl (C=O) groups is 1. The molecule has 0 fully saturated rings. The fourth-order valence-electron chi connectivity index (χ4n) is 3.91. The fraction of sp³-hybridized carbons (Fsp3) is 0.125. The zero-order chi connectivity index (χ0) is 24.6. The molecule has 178 valence electrons. The Morgan fingerprint density at radius 1 is 1.17 bits per heavy atom. The van der Waals surface area contributed by atoms with Gasteiger partial charge in [-0.15, -0.1) is 0 Å². The van der Waals surface area contributed by atoms with Crippen LogP contribution in [0.4, 0.5) is 10.2 Å². The van der Waals surface area contributed by atoms with Gasteiger partial charge in [0.1, 0.15) is 17.3 Å². The molecule has 1 amide bonds. The molecular weight excluding hydrogens is 473 g/mol. The number of sulfone groups is 1. The van der Waals surface area contributed by atoms with Crippen LogP contribution in [0.2, 0.25) is 0 Å².